The Hall–Kier alpha value is -3.32. The van der Waals surface area contributed by atoms with Gasteiger partial charge in [-0.05, 0) is 31.2 Å². The Morgan fingerprint density at radius 3 is 2.57 bits per heavy atom. The Morgan fingerprint density at radius 2 is 1.86 bits per heavy atom. The molecule has 7 nitrogen and oxygen atoms in total. The molecule has 0 bridgehead atoms. The minimum atomic E-state index is -0.411. The normalized spacial score (nSPS) is 10.8. The van der Waals surface area contributed by atoms with Gasteiger partial charge in [-0.1, -0.05) is 41.9 Å². The smallest absolute Gasteiger partial charge is 0.277 e. The van der Waals surface area contributed by atoms with E-state index in [1.54, 1.807) is 22.9 Å². The molecular weight excluding hydrogens is 380 g/mol. The lowest BCUT2D eigenvalue weighted by Gasteiger charge is -2.09. The summed E-state index contributed by atoms with van der Waals surface area (Å²) < 4.78 is 12.2. The highest BCUT2D eigenvalue weighted by Crippen LogP contribution is 2.25. The summed E-state index contributed by atoms with van der Waals surface area (Å²) in [5.74, 6) is 0.619. The molecule has 0 atom stereocenters. The number of aromatic nitrogens is 2. The van der Waals surface area contributed by atoms with E-state index in [2.05, 4.69) is 15.6 Å². The lowest BCUT2D eigenvalue weighted by molar-refractivity contribution is -0.123. The van der Waals surface area contributed by atoms with Crippen molar-refractivity contribution >= 4 is 23.7 Å². The number of aryl methyl sites for hydroxylation is 1. The van der Waals surface area contributed by atoms with Crippen molar-refractivity contribution in [1.29, 1.82) is 0 Å². The first-order chi connectivity index (χ1) is 13.6. The molecule has 0 unspecified atom stereocenters. The van der Waals surface area contributed by atoms with Crippen LogP contribution in [0.2, 0.25) is 5.15 Å². The average Bonchev–Trinajstić information content (AvgIpc) is 3.01. The van der Waals surface area contributed by atoms with Crippen molar-refractivity contribution in [2.75, 3.05) is 13.7 Å². The van der Waals surface area contributed by atoms with Crippen LogP contribution in [0.5, 0.6) is 11.5 Å². The SMILES string of the molecule is COc1ccccc1OCC(=O)NN=Cc1c(C)nn(-c2ccccc2)c1Cl. The summed E-state index contributed by atoms with van der Waals surface area (Å²) in [5.41, 5.74) is 4.56. The molecular formula is C20H19ClN4O3. The molecule has 0 fully saturated rings. The largest absolute Gasteiger partial charge is 0.493 e. The number of para-hydroxylation sites is 3. The first kappa shape index (κ1) is 19.4. The maximum atomic E-state index is 12.0. The number of halogens is 1. The summed E-state index contributed by atoms with van der Waals surface area (Å²) in [7, 11) is 1.54. The fourth-order valence-corrected chi connectivity index (χ4v) is 2.80. The number of hydrogen-bond acceptors (Lipinski definition) is 5. The zero-order valence-corrected chi connectivity index (χ0v) is 16.2. The maximum Gasteiger partial charge on any atom is 0.277 e. The van der Waals surface area contributed by atoms with Crippen molar-refractivity contribution in [1.82, 2.24) is 15.2 Å². The van der Waals surface area contributed by atoms with Gasteiger partial charge in [0.15, 0.2) is 18.1 Å². The van der Waals surface area contributed by atoms with Crippen molar-refractivity contribution in [2.24, 2.45) is 5.10 Å². The fraction of sp³-hybridized carbons (Fsp3) is 0.150. The van der Waals surface area contributed by atoms with Crippen molar-refractivity contribution in [3.05, 3.63) is 71.0 Å². The van der Waals surface area contributed by atoms with E-state index < -0.39 is 5.91 Å². The minimum Gasteiger partial charge on any atom is -0.493 e. The lowest BCUT2D eigenvalue weighted by atomic mass is 10.3. The van der Waals surface area contributed by atoms with E-state index in [-0.39, 0.29) is 6.61 Å². The minimum absolute atomic E-state index is 0.201. The number of rotatable bonds is 7. The van der Waals surface area contributed by atoms with Crippen molar-refractivity contribution in [3.63, 3.8) is 0 Å². The third-order valence-corrected chi connectivity index (χ3v) is 4.22. The van der Waals surface area contributed by atoms with Crippen LogP contribution in [0.15, 0.2) is 59.7 Å². The molecule has 0 radical (unpaired) electrons. The second-order valence-corrected chi connectivity index (χ2v) is 6.13. The van der Waals surface area contributed by atoms with Gasteiger partial charge in [0.1, 0.15) is 5.15 Å². The molecule has 0 saturated heterocycles. The van der Waals surface area contributed by atoms with Crippen LogP contribution in [0.4, 0.5) is 0 Å². The first-order valence-electron chi connectivity index (χ1n) is 8.48. The topological polar surface area (TPSA) is 77.7 Å². The van der Waals surface area contributed by atoms with E-state index in [1.807, 2.05) is 43.3 Å². The second kappa shape index (κ2) is 9.05. The van der Waals surface area contributed by atoms with Gasteiger partial charge in [-0.3, -0.25) is 4.79 Å². The summed E-state index contributed by atoms with van der Waals surface area (Å²) in [6, 6.07) is 16.6. The number of amides is 1. The molecule has 0 aliphatic carbocycles. The number of ether oxygens (including phenoxy) is 2. The fourth-order valence-electron chi connectivity index (χ4n) is 2.48. The van der Waals surface area contributed by atoms with Gasteiger partial charge in [-0.25, -0.2) is 10.1 Å². The Bertz CT molecular complexity index is 986. The van der Waals surface area contributed by atoms with Crippen LogP contribution in [0.3, 0.4) is 0 Å². The standard InChI is InChI=1S/C20H19ClN4O3/c1-14-16(20(21)25(24-14)15-8-4-3-5-9-15)12-22-23-19(26)13-28-18-11-7-6-10-17(18)27-2/h3-12H,13H2,1-2H3,(H,23,26). The number of methoxy groups -OCH3 is 1. The van der Waals surface area contributed by atoms with E-state index in [0.29, 0.717) is 27.9 Å². The van der Waals surface area contributed by atoms with Gasteiger partial charge < -0.3 is 9.47 Å². The number of hydrogen-bond donors (Lipinski definition) is 1. The number of carbonyl (C=O) groups excluding carboxylic acids is 1. The van der Waals surface area contributed by atoms with Crippen LogP contribution < -0.4 is 14.9 Å². The van der Waals surface area contributed by atoms with E-state index in [0.717, 1.165) is 5.69 Å². The van der Waals surface area contributed by atoms with Gasteiger partial charge in [0.2, 0.25) is 0 Å². The third kappa shape index (κ3) is 4.50. The second-order valence-electron chi connectivity index (χ2n) is 5.77. The summed E-state index contributed by atoms with van der Waals surface area (Å²) in [5, 5.41) is 8.78. The highest BCUT2D eigenvalue weighted by molar-refractivity contribution is 6.32. The summed E-state index contributed by atoms with van der Waals surface area (Å²) in [4.78, 5) is 12.0. The molecule has 1 amide bonds. The molecule has 0 aliphatic heterocycles. The molecule has 1 N–H and O–H groups in total. The van der Waals surface area contributed by atoms with Crippen LogP contribution in [-0.4, -0.2) is 35.6 Å². The lowest BCUT2D eigenvalue weighted by Crippen LogP contribution is -2.24. The molecule has 2 aromatic carbocycles. The number of nitrogens with one attached hydrogen (secondary N) is 1. The van der Waals surface area contributed by atoms with Crippen LogP contribution in [0.1, 0.15) is 11.3 Å². The summed E-state index contributed by atoms with van der Waals surface area (Å²) >= 11 is 6.41. The van der Waals surface area contributed by atoms with Gasteiger partial charge in [0.05, 0.1) is 30.3 Å². The van der Waals surface area contributed by atoms with Crippen LogP contribution in [0, 0.1) is 6.92 Å². The third-order valence-electron chi connectivity index (χ3n) is 3.86. The van der Waals surface area contributed by atoms with E-state index in [4.69, 9.17) is 21.1 Å². The predicted octanol–water partition coefficient (Wildman–Crippen LogP) is 3.37. The maximum absolute atomic E-state index is 12.0. The number of benzene rings is 2. The highest BCUT2D eigenvalue weighted by atomic mass is 35.5. The Morgan fingerprint density at radius 1 is 1.18 bits per heavy atom. The molecule has 3 aromatic rings. The predicted molar refractivity (Wildman–Crippen MR) is 108 cm³/mol. The number of hydrazone groups is 1. The zero-order chi connectivity index (χ0) is 19.9. The number of nitrogens with zero attached hydrogens (tertiary/aromatic N) is 3. The Labute approximate surface area is 167 Å². The van der Waals surface area contributed by atoms with Crippen molar-refractivity contribution in [3.8, 4) is 17.2 Å². The van der Waals surface area contributed by atoms with Crippen LogP contribution in [-0.2, 0) is 4.79 Å². The monoisotopic (exact) mass is 398 g/mol. The van der Waals surface area contributed by atoms with Crippen molar-refractivity contribution in [2.45, 2.75) is 6.92 Å². The van der Waals surface area contributed by atoms with Gasteiger partial charge in [-0.2, -0.15) is 10.2 Å². The van der Waals surface area contributed by atoms with Gasteiger partial charge in [-0.15, -0.1) is 0 Å². The van der Waals surface area contributed by atoms with E-state index in [9.17, 15) is 4.79 Å². The van der Waals surface area contributed by atoms with Crippen LogP contribution >= 0.6 is 11.6 Å². The van der Waals surface area contributed by atoms with E-state index in [1.165, 1.54) is 13.3 Å². The average molecular weight is 399 g/mol. The molecule has 28 heavy (non-hydrogen) atoms. The van der Waals surface area contributed by atoms with Crippen molar-refractivity contribution < 1.29 is 14.3 Å². The van der Waals surface area contributed by atoms with Gasteiger partial charge in [0.25, 0.3) is 5.91 Å². The quantitative estimate of drug-likeness (QED) is 0.489. The summed E-state index contributed by atoms with van der Waals surface area (Å²) in [6.07, 6.45) is 1.46. The molecule has 144 valence electrons. The van der Waals surface area contributed by atoms with Gasteiger partial charge in [0, 0.05) is 0 Å². The Kier molecular flexibility index (Phi) is 6.29. The zero-order valence-electron chi connectivity index (χ0n) is 15.4. The molecule has 3 rings (SSSR count). The Balaban J connectivity index is 1.62. The van der Waals surface area contributed by atoms with Crippen LogP contribution in [0.25, 0.3) is 5.69 Å². The van der Waals surface area contributed by atoms with E-state index >= 15 is 0 Å². The first-order valence-corrected chi connectivity index (χ1v) is 8.86. The van der Waals surface area contributed by atoms with Gasteiger partial charge >= 0.3 is 0 Å². The molecule has 1 heterocycles. The molecule has 1 aromatic heterocycles. The summed E-state index contributed by atoms with van der Waals surface area (Å²) in [6.45, 7) is 1.62. The number of carbonyl (C=O) groups is 1. The molecule has 8 heteroatoms. The molecule has 0 saturated carbocycles. The highest BCUT2D eigenvalue weighted by Gasteiger charge is 2.13. The molecule has 0 spiro atoms. The molecule has 0 aliphatic rings.